The zero-order chi connectivity index (χ0) is 19.0. The lowest BCUT2D eigenvalue weighted by Crippen LogP contribution is -2.20. The van der Waals surface area contributed by atoms with Crippen LogP contribution in [-0.4, -0.2) is 48.5 Å². The van der Waals surface area contributed by atoms with Crippen molar-refractivity contribution >= 4 is 38.5 Å². The summed E-state index contributed by atoms with van der Waals surface area (Å²) in [6, 6.07) is 2.17. The van der Waals surface area contributed by atoms with Crippen molar-refractivity contribution in [3.8, 4) is 10.6 Å². The quantitative estimate of drug-likeness (QED) is 0.498. The number of aromatic nitrogens is 4. The van der Waals surface area contributed by atoms with Gasteiger partial charge in [0, 0.05) is 30.0 Å². The van der Waals surface area contributed by atoms with Gasteiger partial charge in [-0.25, -0.2) is 4.98 Å². The normalized spacial score (nSPS) is 20.9. The molecule has 7 nitrogen and oxygen atoms in total. The molecule has 1 aliphatic carbocycles. The molecule has 9 heteroatoms. The SMILES string of the molecule is Cc1nc([S+](C)[O-])nc(N[C@H]2CC[C@@H](CO)C2)c1-c1nc2cnccc2s1. The minimum absolute atomic E-state index is 0.211. The number of fused-ring (bicyclic) bond motifs is 1. The number of aryl methyl sites for hydroxylation is 1. The van der Waals surface area contributed by atoms with Crippen LogP contribution in [0.2, 0.25) is 0 Å². The van der Waals surface area contributed by atoms with Crippen molar-refractivity contribution in [1.29, 1.82) is 0 Å². The fourth-order valence-electron chi connectivity index (χ4n) is 3.49. The monoisotopic (exact) mass is 403 g/mol. The van der Waals surface area contributed by atoms with Crippen LogP contribution in [0.3, 0.4) is 0 Å². The highest BCUT2D eigenvalue weighted by molar-refractivity contribution is 7.90. The third-order valence-corrected chi connectivity index (χ3v) is 6.62. The Bertz CT molecular complexity index is 929. The van der Waals surface area contributed by atoms with Gasteiger partial charge in [-0.3, -0.25) is 4.98 Å². The standard InChI is InChI=1S/C18H21N5O2S2/c1-10-15(17-22-13-8-19-6-5-14(13)26-17)16(23-18(20-10)27(2)25)21-12-4-3-11(7-12)9-24/h5-6,8,11-12,24H,3-4,7,9H2,1-2H3,(H,20,21,23)/t11-,12+,27?/m1/s1. The van der Waals surface area contributed by atoms with E-state index >= 15 is 0 Å². The summed E-state index contributed by atoms with van der Waals surface area (Å²) in [7, 11) is 0. The molecule has 142 valence electrons. The first-order chi connectivity index (χ1) is 13.0. The lowest BCUT2D eigenvalue weighted by atomic mass is 10.1. The van der Waals surface area contributed by atoms with Gasteiger partial charge in [0.05, 0.1) is 22.2 Å². The number of pyridine rings is 1. The molecule has 0 aliphatic heterocycles. The lowest BCUT2D eigenvalue weighted by molar-refractivity contribution is 0.229. The minimum atomic E-state index is -1.27. The topological polar surface area (TPSA) is 107 Å². The highest BCUT2D eigenvalue weighted by Gasteiger charge is 2.27. The van der Waals surface area contributed by atoms with Crippen molar-refractivity contribution < 1.29 is 9.66 Å². The van der Waals surface area contributed by atoms with Crippen molar-refractivity contribution in [3.63, 3.8) is 0 Å². The summed E-state index contributed by atoms with van der Waals surface area (Å²) in [6.07, 6.45) is 7.95. The molecule has 1 fully saturated rings. The number of hydrogen-bond donors (Lipinski definition) is 2. The molecule has 0 amide bonds. The highest BCUT2D eigenvalue weighted by Crippen LogP contribution is 2.37. The molecule has 27 heavy (non-hydrogen) atoms. The Labute approximate surface area is 164 Å². The maximum absolute atomic E-state index is 12.0. The van der Waals surface area contributed by atoms with Crippen LogP contribution < -0.4 is 5.32 Å². The molecule has 3 aromatic heterocycles. The Kier molecular flexibility index (Phi) is 5.27. The van der Waals surface area contributed by atoms with Crippen molar-refractivity contribution in [2.24, 2.45) is 5.92 Å². The molecular weight excluding hydrogens is 382 g/mol. The van der Waals surface area contributed by atoms with E-state index in [0.717, 1.165) is 45.7 Å². The summed E-state index contributed by atoms with van der Waals surface area (Å²) in [5.41, 5.74) is 2.44. The van der Waals surface area contributed by atoms with E-state index in [0.29, 0.717) is 16.9 Å². The molecule has 0 spiro atoms. The van der Waals surface area contributed by atoms with Crippen LogP contribution in [0.15, 0.2) is 23.6 Å². The average molecular weight is 404 g/mol. The maximum atomic E-state index is 12.0. The third-order valence-electron chi connectivity index (χ3n) is 4.87. The largest absolute Gasteiger partial charge is 0.609 e. The predicted molar refractivity (Wildman–Crippen MR) is 107 cm³/mol. The van der Waals surface area contributed by atoms with Gasteiger partial charge in [0.1, 0.15) is 22.6 Å². The summed E-state index contributed by atoms with van der Waals surface area (Å²) in [5.74, 6) is 0.991. The predicted octanol–water partition coefficient (Wildman–Crippen LogP) is 2.77. The number of nitrogens with one attached hydrogen (secondary N) is 1. The second kappa shape index (κ2) is 7.67. The number of aliphatic hydroxyl groups is 1. The van der Waals surface area contributed by atoms with Gasteiger partial charge in [0.25, 0.3) is 0 Å². The molecule has 2 N–H and O–H groups in total. The van der Waals surface area contributed by atoms with Crippen LogP contribution in [0, 0.1) is 12.8 Å². The van der Waals surface area contributed by atoms with Crippen LogP contribution >= 0.6 is 11.3 Å². The summed E-state index contributed by atoms with van der Waals surface area (Å²) < 4.78 is 13.0. The van der Waals surface area contributed by atoms with Gasteiger partial charge in [-0.2, -0.15) is 9.97 Å². The van der Waals surface area contributed by atoms with Gasteiger partial charge in [0.15, 0.2) is 0 Å². The third kappa shape index (κ3) is 3.77. The Morgan fingerprint density at radius 1 is 1.33 bits per heavy atom. The summed E-state index contributed by atoms with van der Waals surface area (Å²) in [4.78, 5) is 17.8. The summed E-state index contributed by atoms with van der Waals surface area (Å²) in [6.45, 7) is 2.11. The Hall–Kier alpha value is -1.81. The zero-order valence-electron chi connectivity index (χ0n) is 15.2. The molecule has 0 bridgehead atoms. The number of aliphatic hydroxyl groups excluding tert-OH is 1. The molecule has 0 aromatic carbocycles. The molecule has 1 aliphatic rings. The van der Waals surface area contributed by atoms with Crippen LogP contribution in [-0.2, 0) is 11.2 Å². The molecule has 1 unspecified atom stereocenters. The van der Waals surface area contributed by atoms with Gasteiger partial charge in [-0.1, -0.05) is 0 Å². The number of nitrogens with zero attached hydrogens (tertiary/aromatic N) is 4. The average Bonchev–Trinajstić information content (AvgIpc) is 3.27. The number of rotatable bonds is 5. The van der Waals surface area contributed by atoms with Gasteiger partial charge < -0.3 is 15.0 Å². The molecule has 3 atom stereocenters. The van der Waals surface area contributed by atoms with E-state index < -0.39 is 11.2 Å². The Balaban J connectivity index is 1.77. The molecule has 3 heterocycles. The van der Waals surface area contributed by atoms with E-state index in [9.17, 15) is 9.66 Å². The zero-order valence-corrected chi connectivity index (χ0v) is 16.8. The number of thiazole rings is 1. The number of hydrogen-bond acceptors (Lipinski definition) is 8. The summed E-state index contributed by atoms with van der Waals surface area (Å²) >= 11 is 0.299. The summed E-state index contributed by atoms with van der Waals surface area (Å²) in [5, 5.41) is 14.1. The van der Waals surface area contributed by atoms with E-state index in [4.69, 9.17) is 4.98 Å². The Morgan fingerprint density at radius 2 is 2.19 bits per heavy atom. The van der Waals surface area contributed by atoms with E-state index in [2.05, 4.69) is 20.3 Å². The van der Waals surface area contributed by atoms with Crippen molar-refractivity contribution in [2.45, 2.75) is 37.4 Å². The van der Waals surface area contributed by atoms with Gasteiger partial charge in [-0.15, -0.1) is 11.3 Å². The molecule has 0 radical (unpaired) electrons. The van der Waals surface area contributed by atoms with Crippen molar-refractivity contribution in [3.05, 3.63) is 24.2 Å². The molecule has 4 rings (SSSR count). The van der Waals surface area contributed by atoms with E-state index in [1.165, 1.54) is 0 Å². The first-order valence-electron chi connectivity index (χ1n) is 8.85. The van der Waals surface area contributed by atoms with E-state index in [1.807, 2.05) is 13.0 Å². The molecule has 3 aromatic rings. The van der Waals surface area contributed by atoms with Crippen LogP contribution in [0.4, 0.5) is 5.82 Å². The second-order valence-corrected chi connectivity index (χ2v) is 9.14. The van der Waals surface area contributed by atoms with E-state index in [1.54, 1.807) is 30.0 Å². The first kappa shape index (κ1) is 18.5. The number of anilines is 1. The fraction of sp³-hybridized carbons (Fsp3) is 0.444. The van der Waals surface area contributed by atoms with Gasteiger partial charge in [0.2, 0.25) is 0 Å². The van der Waals surface area contributed by atoms with Crippen molar-refractivity contribution in [1.82, 2.24) is 19.9 Å². The second-order valence-electron chi connectivity index (χ2n) is 6.83. The molecule has 1 saturated carbocycles. The maximum Gasteiger partial charge on any atom is 0.344 e. The first-order valence-corrected chi connectivity index (χ1v) is 11.2. The van der Waals surface area contributed by atoms with Crippen molar-refractivity contribution in [2.75, 3.05) is 18.2 Å². The minimum Gasteiger partial charge on any atom is -0.609 e. The van der Waals surface area contributed by atoms with Gasteiger partial charge in [-0.05, 0) is 38.2 Å². The highest BCUT2D eigenvalue weighted by atomic mass is 32.2. The van der Waals surface area contributed by atoms with Crippen LogP contribution in [0.5, 0.6) is 0 Å². The lowest BCUT2D eigenvalue weighted by Gasteiger charge is -2.17. The Morgan fingerprint density at radius 3 is 2.89 bits per heavy atom. The smallest absolute Gasteiger partial charge is 0.344 e. The van der Waals surface area contributed by atoms with E-state index in [-0.39, 0.29) is 12.6 Å². The fourth-order valence-corrected chi connectivity index (χ4v) is 5.00. The van der Waals surface area contributed by atoms with Crippen LogP contribution in [0.25, 0.3) is 20.8 Å². The molecule has 0 saturated heterocycles. The van der Waals surface area contributed by atoms with Gasteiger partial charge >= 0.3 is 5.16 Å². The van der Waals surface area contributed by atoms with Crippen LogP contribution in [0.1, 0.15) is 25.0 Å². The molecular formula is C18H21N5O2S2.